The zero-order valence-corrected chi connectivity index (χ0v) is 10.5. The summed E-state index contributed by atoms with van der Waals surface area (Å²) in [5, 5.41) is 1.52. The third-order valence-electron chi connectivity index (χ3n) is 3.10. The number of aromatic nitrogens is 2. The second-order valence-corrected chi connectivity index (χ2v) is 4.60. The minimum Gasteiger partial charge on any atom is -0.361 e. The van der Waals surface area contributed by atoms with Gasteiger partial charge in [-0.05, 0) is 17.7 Å². The van der Waals surface area contributed by atoms with Gasteiger partial charge < -0.3 is 9.55 Å². The number of hydrogen-bond acceptors (Lipinski definition) is 1. The molecule has 0 spiro atoms. The van der Waals surface area contributed by atoms with Gasteiger partial charge in [0.2, 0.25) is 0 Å². The molecule has 0 amide bonds. The third-order valence-corrected chi connectivity index (χ3v) is 3.47. The minimum absolute atomic E-state index is 0.109. The molecule has 0 aliphatic carbocycles. The molecule has 0 aliphatic rings. The number of benzene rings is 1. The Morgan fingerprint density at radius 3 is 2.78 bits per heavy atom. The number of nitrogens with one attached hydrogen (secondary N) is 1. The molecule has 4 heteroatoms. The van der Waals surface area contributed by atoms with Crippen LogP contribution in [0.15, 0.2) is 47.4 Å². The Balaban J connectivity index is 2.30. The van der Waals surface area contributed by atoms with Crippen LogP contribution in [0.2, 0.25) is 5.15 Å². The first-order chi connectivity index (χ1) is 8.66. The molecule has 0 aliphatic heterocycles. The Labute approximate surface area is 109 Å². The van der Waals surface area contributed by atoms with Crippen molar-refractivity contribution < 1.29 is 0 Å². The maximum atomic E-state index is 11.8. The lowest BCUT2D eigenvalue weighted by Gasteiger charge is -2.04. The van der Waals surface area contributed by atoms with E-state index in [1.54, 1.807) is 19.2 Å². The van der Waals surface area contributed by atoms with Gasteiger partial charge in [-0.2, -0.15) is 0 Å². The number of fused-ring (bicyclic) bond motifs is 1. The summed E-state index contributed by atoms with van der Waals surface area (Å²) in [5.74, 6) is 0. The summed E-state index contributed by atoms with van der Waals surface area (Å²) in [5.41, 5.74) is 2.76. The lowest BCUT2D eigenvalue weighted by atomic mass is 10.1. The molecule has 3 aromatic rings. The maximum Gasteiger partial charge on any atom is 0.252 e. The lowest BCUT2D eigenvalue weighted by molar-refractivity contribution is 0.862. The average Bonchev–Trinajstić information content (AvgIpc) is 2.79. The normalized spacial score (nSPS) is 11.0. The van der Waals surface area contributed by atoms with E-state index in [1.807, 2.05) is 30.5 Å². The molecule has 18 heavy (non-hydrogen) atoms. The van der Waals surface area contributed by atoms with E-state index in [-0.39, 0.29) is 5.56 Å². The fourth-order valence-corrected chi connectivity index (χ4v) is 2.27. The second kappa shape index (κ2) is 4.03. The Kier molecular flexibility index (Phi) is 2.49. The first-order valence-corrected chi connectivity index (χ1v) is 5.97. The van der Waals surface area contributed by atoms with Crippen LogP contribution in [0.5, 0.6) is 0 Å². The average molecular weight is 259 g/mol. The number of para-hydroxylation sites is 1. The molecule has 3 rings (SSSR count). The number of rotatable bonds is 1. The predicted octanol–water partition coefficient (Wildman–Crippen LogP) is 3.19. The van der Waals surface area contributed by atoms with Crippen molar-refractivity contribution in [3.63, 3.8) is 0 Å². The van der Waals surface area contributed by atoms with Crippen LogP contribution in [-0.4, -0.2) is 9.55 Å². The van der Waals surface area contributed by atoms with Gasteiger partial charge in [-0.3, -0.25) is 4.79 Å². The van der Waals surface area contributed by atoms with E-state index in [4.69, 9.17) is 11.6 Å². The summed E-state index contributed by atoms with van der Waals surface area (Å²) in [6, 6.07) is 11.4. The molecule has 0 saturated carbocycles. The quantitative estimate of drug-likeness (QED) is 0.669. The Hall–Kier alpha value is -2.00. The van der Waals surface area contributed by atoms with Crippen LogP contribution >= 0.6 is 11.6 Å². The summed E-state index contributed by atoms with van der Waals surface area (Å²) >= 11 is 6.04. The van der Waals surface area contributed by atoms with E-state index >= 15 is 0 Å². The van der Waals surface area contributed by atoms with Crippen LogP contribution in [0.4, 0.5) is 0 Å². The Morgan fingerprint density at radius 2 is 2.00 bits per heavy atom. The van der Waals surface area contributed by atoms with Gasteiger partial charge in [-0.25, -0.2) is 0 Å². The summed E-state index contributed by atoms with van der Waals surface area (Å²) in [6.45, 7) is 0. The van der Waals surface area contributed by atoms with Crippen LogP contribution in [0.25, 0.3) is 22.0 Å². The van der Waals surface area contributed by atoms with Crippen molar-refractivity contribution in [3.8, 4) is 11.1 Å². The standard InChI is InChI=1S/C14H11ClN2O/c1-17-13(15)6-9(7-14(17)18)11-8-16-12-5-3-2-4-10(11)12/h2-8,16H,1H3. The van der Waals surface area contributed by atoms with E-state index in [0.717, 1.165) is 22.0 Å². The van der Waals surface area contributed by atoms with Crippen LogP contribution in [0.3, 0.4) is 0 Å². The van der Waals surface area contributed by atoms with Gasteiger partial charge in [0.05, 0.1) is 0 Å². The number of aromatic amines is 1. The zero-order valence-electron chi connectivity index (χ0n) is 9.77. The van der Waals surface area contributed by atoms with Gasteiger partial charge in [0.15, 0.2) is 0 Å². The number of hydrogen-bond donors (Lipinski definition) is 1. The number of H-pyrrole nitrogens is 1. The van der Waals surface area contributed by atoms with Crippen molar-refractivity contribution in [1.29, 1.82) is 0 Å². The van der Waals surface area contributed by atoms with Gasteiger partial charge in [-0.15, -0.1) is 0 Å². The molecule has 2 heterocycles. The highest BCUT2D eigenvalue weighted by Gasteiger charge is 2.08. The molecule has 1 N–H and O–H groups in total. The van der Waals surface area contributed by atoms with E-state index in [2.05, 4.69) is 4.98 Å². The Morgan fingerprint density at radius 1 is 1.22 bits per heavy atom. The van der Waals surface area contributed by atoms with E-state index in [0.29, 0.717) is 5.15 Å². The SMILES string of the molecule is Cn1c(Cl)cc(-c2c[nH]c3ccccc23)cc1=O. The molecular weight excluding hydrogens is 248 g/mol. The van der Waals surface area contributed by atoms with Crippen LogP contribution in [0, 0.1) is 0 Å². The van der Waals surface area contributed by atoms with Crippen molar-refractivity contribution >= 4 is 22.5 Å². The summed E-state index contributed by atoms with van der Waals surface area (Å²) < 4.78 is 1.42. The fraction of sp³-hybridized carbons (Fsp3) is 0.0714. The largest absolute Gasteiger partial charge is 0.361 e. The fourth-order valence-electron chi connectivity index (χ4n) is 2.07. The van der Waals surface area contributed by atoms with Crippen LogP contribution in [0.1, 0.15) is 0 Å². The Bertz CT molecular complexity index is 786. The van der Waals surface area contributed by atoms with Gasteiger partial charge in [0.1, 0.15) is 5.15 Å². The van der Waals surface area contributed by atoms with Crippen molar-refractivity contribution in [2.45, 2.75) is 0 Å². The van der Waals surface area contributed by atoms with E-state index < -0.39 is 0 Å². The van der Waals surface area contributed by atoms with Gasteiger partial charge in [0, 0.05) is 35.8 Å². The highest BCUT2D eigenvalue weighted by Crippen LogP contribution is 2.28. The predicted molar refractivity (Wildman–Crippen MR) is 74.0 cm³/mol. The molecule has 0 bridgehead atoms. The second-order valence-electron chi connectivity index (χ2n) is 4.21. The zero-order chi connectivity index (χ0) is 12.7. The van der Waals surface area contributed by atoms with Gasteiger partial charge in [-0.1, -0.05) is 29.8 Å². The first kappa shape index (κ1) is 11.1. The molecule has 0 fully saturated rings. The summed E-state index contributed by atoms with van der Waals surface area (Å²) in [4.78, 5) is 14.9. The van der Waals surface area contributed by atoms with Gasteiger partial charge in [0.25, 0.3) is 5.56 Å². The molecule has 3 nitrogen and oxygen atoms in total. The van der Waals surface area contributed by atoms with E-state index in [9.17, 15) is 4.79 Å². The third kappa shape index (κ3) is 1.64. The van der Waals surface area contributed by atoms with E-state index in [1.165, 1.54) is 4.57 Å². The monoisotopic (exact) mass is 258 g/mol. The number of pyridine rings is 1. The summed E-state index contributed by atoms with van der Waals surface area (Å²) in [6.07, 6.45) is 1.90. The highest BCUT2D eigenvalue weighted by atomic mass is 35.5. The van der Waals surface area contributed by atoms with Crippen LogP contribution < -0.4 is 5.56 Å². The highest BCUT2D eigenvalue weighted by molar-refractivity contribution is 6.29. The topological polar surface area (TPSA) is 37.8 Å². The van der Waals surface area contributed by atoms with Crippen LogP contribution in [-0.2, 0) is 7.05 Å². The molecule has 1 aromatic carbocycles. The van der Waals surface area contributed by atoms with Crippen molar-refractivity contribution in [2.75, 3.05) is 0 Å². The smallest absolute Gasteiger partial charge is 0.252 e. The summed E-state index contributed by atoms with van der Waals surface area (Å²) in [7, 11) is 1.66. The minimum atomic E-state index is -0.109. The molecule has 0 atom stereocenters. The molecule has 0 saturated heterocycles. The van der Waals surface area contributed by atoms with Crippen molar-refractivity contribution in [2.24, 2.45) is 7.05 Å². The van der Waals surface area contributed by atoms with Crippen molar-refractivity contribution in [3.05, 3.63) is 58.1 Å². The number of nitrogens with zero attached hydrogens (tertiary/aromatic N) is 1. The van der Waals surface area contributed by atoms with Gasteiger partial charge >= 0.3 is 0 Å². The molecule has 0 unspecified atom stereocenters. The number of halogens is 1. The molecular formula is C14H11ClN2O. The molecule has 2 aromatic heterocycles. The van der Waals surface area contributed by atoms with Crippen molar-refractivity contribution in [1.82, 2.24) is 9.55 Å². The molecule has 0 radical (unpaired) electrons. The first-order valence-electron chi connectivity index (χ1n) is 5.60. The molecule has 90 valence electrons. The lowest BCUT2D eigenvalue weighted by Crippen LogP contribution is -2.15. The maximum absolute atomic E-state index is 11.8.